The Labute approximate surface area is 110 Å². The smallest absolute Gasteiger partial charge is 0.242 e. The van der Waals surface area contributed by atoms with Gasteiger partial charge in [-0.25, -0.2) is 0 Å². The highest BCUT2D eigenvalue weighted by Crippen LogP contribution is 2.38. The van der Waals surface area contributed by atoms with Crippen LogP contribution in [0.1, 0.15) is 57.8 Å². The van der Waals surface area contributed by atoms with Gasteiger partial charge in [0.2, 0.25) is 5.91 Å². The Bertz CT molecular complexity index is 308. The van der Waals surface area contributed by atoms with E-state index >= 15 is 0 Å². The van der Waals surface area contributed by atoms with Gasteiger partial charge >= 0.3 is 0 Å². The quantitative estimate of drug-likeness (QED) is 0.776. The largest absolute Gasteiger partial charge is 0.341 e. The zero-order valence-corrected chi connectivity index (χ0v) is 11.4. The van der Waals surface area contributed by atoms with E-state index in [-0.39, 0.29) is 5.91 Å². The lowest BCUT2D eigenvalue weighted by molar-refractivity contribution is -0.137. The Morgan fingerprint density at radius 3 is 2.06 bits per heavy atom. The zero-order valence-electron chi connectivity index (χ0n) is 11.4. The van der Waals surface area contributed by atoms with Gasteiger partial charge in [-0.05, 0) is 37.5 Å². The van der Waals surface area contributed by atoms with Crippen LogP contribution in [-0.2, 0) is 4.79 Å². The number of rotatable bonds is 1. The lowest BCUT2D eigenvalue weighted by atomic mass is 9.81. The van der Waals surface area contributed by atoms with Crippen molar-refractivity contribution in [1.82, 2.24) is 4.90 Å². The average Bonchev–Trinajstić information content (AvgIpc) is 2.82. The van der Waals surface area contributed by atoms with Crippen LogP contribution in [0.2, 0.25) is 0 Å². The molecule has 0 spiro atoms. The molecule has 3 fully saturated rings. The van der Waals surface area contributed by atoms with Crippen LogP contribution in [0.4, 0.5) is 0 Å². The molecular weight excluding hydrogens is 224 g/mol. The van der Waals surface area contributed by atoms with Crippen LogP contribution in [0, 0.1) is 11.8 Å². The molecule has 0 aromatic rings. The van der Waals surface area contributed by atoms with E-state index < -0.39 is 5.54 Å². The monoisotopic (exact) mass is 250 g/mol. The van der Waals surface area contributed by atoms with Crippen LogP contribution in [0.3, 0.4) is 0 Å². The van der Waals surface area contributed by atoms with Gasteiger partial charge in [-0.1, -0.05) is 32.1 Å². The van der Waals surface area contributed by atoms with Crippen LogP contribution in [0.5, 0.6) is 0 Å². The summed E-state index contributed by atoms with van der Waals surface area (Å²) in [4.78, 5) is 14.8. The molecule has 2 aliphatic carbocycles. The summed E-state index contributed by atoms with van der Waals surface area (Å²) in [6.07, 6.45) is 10.7. The number of fused-ring (bicyclic) bond motifs is 1. The first kappa shape index (κ1) is 12.5. The van der Waals surface area contributed by atoms with E-state index in [1.54, 1.807) is 0 Å². The number of nitrogens with two attached hydrogens (primary N) is 1. The molecular formula is C15H26N2O. The summed E-state index contributed by atoms with van der Waals surface area (Å²) in [7, 11) is 0. The SMILES string of the molecule is NC1(C(=O)N2CC3CCCCC3C2)CCCCC1. The van der Waals surface area contributed by atoms with Gasteiger partial charge in [0.15, 0.2) is 0 Å². The zero-order chi connectivity index (χ0) is 12.6. The first-order valence-electron chi connectivity index (χ1n) is 7.77. The number of hydrogen-bond acceptors (Lipinski definition) is 2. The Hall–Kier alpha value is -0.570. The van der Waals surface area contributed by atoms with Crippen molar-refractivity contribution in [2.45, 2.75) is 63.3 Å². The third-order valence-electron chi connectivity index (χ3n) is 5.44. The maximum Gasteiger partial charge on any atom is 0.242 e. The number of nitrogens with zero attached hydrogens (tertiary/aromatic N) is 1. The molecule has 3 nitrogen and oxygen atoms in total. The number of amides is 1. The summed E-state index contributed by atoms with van der Waals surface area (Å²) in [6.45, 7) is 1.98. The minimum Gasteiger partial charge on any atom is -0.341 e. The highest BCUT2D eigenvalue weighted by atomic mass is 16.2. The second-order valence-electron chi connectivity index (χ2n) is 6.73. The topological polar surface area (TPSA) is 46.3 Å². The highest BCUT2D eigenvalue weighted by Gasteiger charge is 2.43. The molecule has 18 heavy (non-hydrogen) atoms. The Morgan fingerprint density at radius 2 is 1.50 bits per heavy atom. The number of carbonyl (C=O) groups excluding carboxylic acids is 1. The first-order valence-corrected chi connectivity index (χ1v) is 7.77. The molecule has 0 aromatic carbocycles. The van der Waals surface area contributed by atoms with Crippen LogP contribution in [0.15, 0.2) is 0 Å². The van der Waals surface area contributed by atoms with Gasteiger partial charge in [-0.2, -0.15) is 0 Å². The van der Waals surface area contributed by atoms with Gasteiger partial charge in [-0.15, -0.1) is 0 Å². The molecule has 3 rings (SSSR count). The van der Waals surface area contributed by atoms with Gasteiger partial charge in [0.25, 0.3) is 0 Å². The van der Waals surface area contributed by atoms with Crippen molar-refractivity contribution in [3.63, 3.8) is 0 Å². The molecule has 3 heteroatoms. The third kappa shape index (κ3) is 2.18. The van der Waals surface area contributed by atoms with E-state index in [0.717, 1.165) is 50.6 Å². The second-order valence-corrected chi connectivity index (χ2v) is 6.73. The summed E-state index contributed by atoms with van der Waals surface area (Å²) in [5.74, 6) is 1.81. The van der Waals surface area contributed by atoms with Gasteiger partial charge in [-0.3, -0.25) is 4.79 Å². The second kappa shape index (κ2) is 4.84. The molecule has 2 saturated carbocycles. The minimum absolute atomic E-state index is 0.261. The van der Waals surface area contributed by atoms with Gasteiger partial charge in [0.05, 0.1) is 5.54 Å². The third-order valence-corrected chi connectivity index (χ3v) is 5.44. The van der Waals surface area contributed by atoms with Crippen LogP contribution in [0.25, 0.3) is 0 Å². The highest BCUT2D eigenvalue weighted by molar-refractivity contribution is 5.86. The van der Waals surface area contributed by atoms with E-state index in [1.807, 2.05) is 0 Å². The molecule has 0 radical (unpaired) electrons. The van der Waals surface area contributed by atoms with Crippen LogP contribution < -0.4 is 5.73 Å². The molecule has 0 bridgehead atoms. The van der Waals surface area contributed by atoms with Crippen molar-refractivity contribution in [3.05, 3.63) is 0 Å². The molecule has 2 atom stereocenters. The first-order chi connectivity index (χ1) is 8.69. The van der Waals surface area contributed by atoms with E-state index in [9.17, 15) is 4.79 Å². The molecule has 1 amide bonds. The fraction of sp³-hybridized carbons (Fsp3) is 0.933. The van der Waals surface area contributed by atoms with Crippen molar-refractivity contribution < 1.29 is 4.79 Å². The van der Waals surface area contributed by atoms with Crippen molar-refractivity contribution in [3.8, 4) is 0 Å². The Morgan fingerprint density at radius 1 is 0.944 bits per heavy atom. The van der Waals surface area contributed by atoms with Crippen molar-refractivity contribution >= 4 is 5.91 Å². The number of hydrogen-bond donors (Lipinski definition) is 1. The molecule has 3 aliphatic rings. The average molecular weight is 250 g/mol. The lowest BCUT2D eigenvalue weighted by Gasteiger charge is -2.35. The molecule has 1 aliphatic heterocycles. The van der Waals surface area contributed by atoms with E-state index in [4.69, 9.17) is 5.73 Å². The summed E-state index contributed by atoms with van der Waals surface area (Å²) >= 11 is 0. The fourth-order valence-electron chi connectivity index (χ4n) is 4.28. The number of carbonyl (C=O) groups is 1. The minimum atomic E-state index is -0.522. The van der Waals surface area contributed by atoms with E-state index in [2.05, 4.69) is 4.90 Å². The molecule has 2 unspecified atom stereocenters. The van der Waals surface area contributed by atoms with Crippen molar-refractivity contribution in [2.75, 3.05) is 13.1 Å². The normalized spacial score (nSPS) is 35.3. The lowest BCUT2D eigenvalue weighted by Crippen LogP contribution is -2.55. The van der Waals surface area contributed by atoms with Crippen LogP contribution >= 0.6 is 0 Å². The van der Waals surface area contributed by atoms with Gasteiger partial charge in [0, 0.05) is 13.1 Å². The van der Waals surface area contributed by atoms with E-state index in [0.29, 0.717) is 0 Å². The molecule has 2 N–H and O–H groups in total. The predicted octanol–water partition coefficient (Wildman–Crippen LogP) is 2.30. The van der Waals surface area contributed by atoms with Crippen LogP contribution in [-0.4, -0.2) is 29.4 Å². The fourth-order valence-corrected chi connectivity index (χ4v) is 4.28. The maximum absolute atomic E-state index is 12.7. The van der Waals surface area contributed by atoms with Crippen molar-refractivity contribution in [2.24, 2.45) is 17.6 Å². The maximum atomic E-state index is 12.7. The molecule has 102 valence electrons. The summed E-state index contributed by atoms with van der Waals surface area (Å²) in [6, 6.07) is 0. The van der Waals surface area contributed by atoms with Gasteiger partial charge < -0.3 is 10.6 Å². The molecule has 1 saturated heterocycles. The summed E-state index contributed by atoms with van der Waals surface area (Å²) in [5.41, 5.74) is 5.86. The van der Waals surface area contributed by atoms with Crippen molar-refractivity contribution in [1.29, 1.82) is 0 Å². The Kier molecular flexibility index (Phi) is 3.35. The summed E-state index contributed by atoms with van der Waals surface area (Å²) in [5, 5.41) is 0. The number of likely N-dealkylation sites (tertiary alicyclic amines) is 1. The summed E-state index contributed by atoms with van der Waals surface area (Å²) < 4.78 is 0. The van der Waals surface area contributed by atoms with E-state index in [1.165, 1.54) is 32.1 Å². The Balaban J connectivity index is 1.66. The van der Waals surface area contributed by atoms with Gasteiger partial charge in [0.1, 0.15) is 0 Å². The molecule has 0 aromatic heterocycles. The molecule has 1 heterocycles. The standard InChI is InChI=1S/C15H26N2O/c16-15(8-4-1-5-9-15)14(18)17-10-12-6-2-3-7-13(12)11-17/h12-13H,1-11,16H2. The predicted molar refractivity (Wildman–Crippen MR) is 72.0 cm³/mol.